The molecule has 0 spiro atoms. The molecule has 6 aromatic carbocycles. The van der Waals surface area contributed by atoms with Crippen LogP contribution in [0.5, 0.6) is 0 Å². The lowest BCUT2D eigenvalue weighted by Gasteiger charge is -2.17. The number of hydrogen-bond acceptors (Lipinski definition) is 4. The van der Waals surface area contributed by atoms with E-state index in [2.05, 4.69) is 131 Å². The van der Waals surface area contributed by atoms with Crippen LogP contribution in [0.3, 0.4) is 0 Å². The molecule has 8 rings (SSSR count). The van der Waals surface area contributed by atoms with Crippen molar-refractivity contribution in [2.45, 2.75) is 0 Å². The first kappa shape index (κ1) is 27.0. The fourth-order valence-electron chi connectivity index (χ4n) is 6.50. The van der Waals surface area contributed by atoms with E-state index in [0.29, 0.717) is 11.4 Å². The summed E-state index contributed by atoms with van der Waals surface area (Å²) in [5.74, 6) is 0. The van der Waals surface area contributed by atoms with Crippen molar-refractivity contribution in [1.29, 1.82) is 10.5 Å². The van der Waals surface area contributed by atoms with Gasteiger partial charge in [0, 0.05) is 12.4 Å². The van der Waals surface area contributed by atoms with Crippen molar-refractivity contribution in [2.24, 2.45) is 0 Å². The van der Waals surface area contributed by atoms with Crippen LogP contribution in [0, 0.1) is 22.7 Å². The van der Waals surface area contributed by atoms with E-state index in [-0.39, 0.29) is 0 Å². The number of nitrogens with zero attached hydrogens (tertiary/aromatic N) is 4. The van der Waals surface area contributed by atoms with Crippen molar-refractivity contribution in [3.8, 4) is 56.6 Å². The van der Waals surface area contributed by atoms with Crippen LogP contribution in [0.25, 0.3) is 76.8 Å². The molecule has 2 heterocycles. The van der Waals surface area contributed by atoms with Crippen molar-refractivity contribution in [3.05, 3.63) is 157 Å². The molecule has 46 heavy (non-hydrogen) atoms. The van der Waals surface area contributed by atoms with E-state index < -0.39 is 0 Å². The SMILES string of the molecule is N#Cc1cc(-c2cccc(-c3cc4c5ccccc5c(-c5cccc(-c6ccnc(C#N)c6)c5)cc4c4ccccc34)c2)ccn1. The predicted octanol–water partition coefficient (Wildman–Crippen LogP) is 10.3. The Balaban J connectivity index is 1.36. The first-order valence-electron chi connectivity index (χ1n) is 15.0. The van der Waals surface area contributed by atoms with Crippen LogP contribution in [0.15, 0.2) is 146 Å². The van der Waals surface area contributed by atoms with E-state index >= 15 is 0 Å². The molecule has 0 saturated carbocycles. The number of benzene rings is 6. The van der Waals surface area contributed by atoms with Crippen LogP contribution in [0.2, 0.25) is 0 Å². The van der Waals surface area contributed by atoms with Gasteiger partial charge in [0.1, 0.15) is 23.5 Å². The van der Waals surface area contributed by atoms with Gasteiger partial charge in [-0.25, -0.2) is 9.97 Å². The average Bonchev–Trinajstić information content (AvgIpc) is 3.14. The zero-order valence-corrected chi connectivity index (χ0v) is 24.6. The highest BCUT2D eigenvalue weighted by atomic mass is 14.7. The molecule has 0 amide bonds. The summed E-state index contributed by atoms with van der Waals surface area (Å²) >= 11 is 0. The third kappa shape index (κ3) is 4.63. The van der Waals surface area contributed by atoms with Gasteiger partial charge in [-0.05, 0) is 125 Å². The van der Waals surface area contributed by atoms with Crippen LogP contribution in [0.4, 0.5) is 0 Å². The second-order valence-electron chi connectivity index (χ2n) is 11.3. The lowest BCUT2D eigenvalue weighted by atomic mass is 9.87. The molecule has 0 aliphatic rings. The summed E-state index contributed by atoms with van der Waals surface area (Å²) < 4.78 is 0. The van der Waals surface area contributed by atoms with Crippen molar-refractivity contribution >= 4 is 32.3 Å². The standard InChI is InChI=1S/C42H24N4/c43-25-33-21-29(15-17-45-33)27-7-5-9-31(19-27)39-23-42-38-14-4-2-12-36(38)40(24-41(42)37-13-3-1-11-35(37)39)32-10-6-8-28(20-32)30-16-18-46-34(22-30)26-44/h1-24H. The quantitative estimate of drug-likeness (QED) is 0.193. The fraction of sp³-hybridized carbons (Fsp3) is 0. The van der Waals surface area contributed by atoms with Gasteiger partial charge in [0.05, 0.1) is 0 Å². The summed E-state index contributed by atoms with van der Waals surface area (Å²) in [5, 5.41) is 25.9. The minimum absolute atomic E-state index is 0.402. The lowest BCUT2D eigenvalue weighted by Crippen LogP contribution is -1.90. The largest absolute Gasteiger partial charge is 0.246 e. The highest BCUT2D eigenvalue weighted by Gasteiger charge is 2.15. The van der Waals surface area contributed by atoms with Crippen LogP contribution < -0.4 is 0 Å². The summed E-state index contributed by atoms with van der Waals surface area (Å²) in [6.45, 7) is 0. The van der Waals surface area contributed by atoms with Gasteiger partial charge in [-0.15, -0.1) is 0 Å². The maximum atomic E-state index is 9.40. The average molecular weight is 585 g/mol. The number of nitriles is 2. The molecular formula is C42H24N4. The molecule has 0 saturated heterocycles. The third-order valence-corrected chi connectivity index (χ3v) is 8.65. The van der Waals surface area contributed by atoms with Crippen molar-refractivity contribution in [3.63, 3.8) is 0 Å². The molecule has 0 bridgehead atoms. The van der Waals surface area contributed by atoms with Gasteiger partial charge >= 0.3 is 0 Å². The highest BCUT2D eigenvalue weighted by molar-refractivity contribution is 6.23. The van der Waals surface area contributed by atoms with Crippen LogP contribution in [-0.2, 0) is 0 Å². The Kier molecular flexibility index (Phi) is 6.53. The molecule has 0 N–H and O–H groups in total. The lowest BCUT2D eigenvalue weighted by molar-refractivity contribution is 1.26. The topological polar surface area (TPSA) is 73.4 Å². The molecule has 4 nitrogen and oxygen atoms in total. The van der Waals surface area contributed by atoms with Gasteiger partial charge in [0.25, 0.3) is 0 Å². The van der Waals surface area contributed by atoms with E-state index in [1.165, 1.54) is 32.3 Å². The summed E-state index contributed by atoms with van der Waals surface area (Å²) in [4.78, 5) is 8.30. The van der Waals surface area contributed by atoms with Crippen molar-refractivity contribution in [2.75, 3.05) is 0 Å². The monoisotopic (exact) mass is 584 g/mol. The van der Waals surface area contributed by atoms with Crippen molar-refractivity contribution < 1.29 is 0 Å². The maximum absolute atomic E-state index is 9.40. The third-order valence-electron chi connectivity index (χ3n) is 8.65. The van der Waals surface area contributed by atoms with Crippen LogP contribution >= 0.6 is 0 Å². The Bertz CT molecular complexity index is 2390. The minimum atomic E-state index is 0.402. The van der Waals surface area contributed by atoms with Gasteiger partial charge in [0.15, 0.2) is 0 Å². The molecule has 0 fully saturated rings. The number of pyridine rings is 2. The normalized spacial score (nSPS) is 11.0. The number of fused-ring (bicyclic) bond motifs is 5. The molecule has 8 aromatic rings. The maximum Gasteiger partial charge on any atom is 0.141 e. The Morgan fingerprint density at radius 3 is 1.17 bits per heavy atom. The van der Waals surface area contributed by atoms with Gasteiger partial charge in [-0.2, -0.15) is 10.5 Å². The first-order valence-corrected chi connectivity index (χ1v) is 15.0. The van der Waals surface area contributed by atoms with Gasteiger partial charge in [-0.3, -0.25) is 0 Å². The zero-order valence-electron chi connectivity index (χ0n) is 24.6. The molecule has 0 atom stereocenters. The minimum Gasteiger partial charge on any atom is -0.246 e. The van der Waals surface area contributed by atoms with Gasteiger partial charge in [-0.1, -0.05) is 84.9 Å². The molecule has 0 aliphatic carbocycles. The van der Waals surface area contributed by atoms with Crippen LogP contribution in [0.1, 0.15) is 11.4 Å². The van der Waals surface area contributed by atoms with Crippen molar-refractivity contribution in [1.82, 2.24) is 9.97 Å². The Hall–Kier alpha value is -6.62. The number of aromatic nitrogens is 2. The molecule has 4 heteroatoms. The Morgan fingerprint density at radius 2 is 0.739 bits per heavy atom. The smallest absolute Gasteiger partial charge is 0.141 e. The molecule has 0 aliphatic heterocycles. The Labute approximate surface area is 266 Å². The zero-order chi connectivity index (χ0) is 31.0. The number of rotatable bonds is 4. The summed E-state index contributed by atoms with van der Waals surface area (Å²) in [6.07, 6.45) is 3.37. The van der Waals surface area contributed by atoms with Gasteiger partial charge < -0.3 is 0 Å². The summed E-state index contributed by atoms with van der Waals surface area (Å²) in [5.41, 5.74) is 9.35. The molecule has 212 valence electrons. The highest BCUT2D eigenvalue weighted by Crippen LogP contribution is 2.42. The molecule has 0 radical (unpaired) electrons. The van der Waals surface area contributed by atoms with Crippen LogP contribution in [-0.4, -0.2) is 9.97 Å². The summed E-state index contributed by atoms with van der Waals surface area (Å²) in [7, 11) is 0. The first-order chi connectivity index (χ1) is 22.7. The van der Waals surface area contributed by atoms with E-state index in [0.717, 1.165) is 44.5 Å². The van der Waals surface area contributed by atoms with E-state index in [1.54, 1.807) is 12.4 Å². The fourth-order valence-corrected chi connectivity index (χ4v) is 6.50. The number of hydrogen-bond donors (Lipinski definition) is 0. The van der Waals surface area contributed by atoms with E-state index in [4.69, 9.17) is 0 Å². The van der Waals surface area contributed by atoms with E-state index in [9.17, 15) is 10.5 Å². The van der Waals surface area contributed by atoms with E-state index in [1.807, 2.05) is 24.3 Å². The second-order valence-corrected chi connectivity index (χ2v) is 11.3. The summed E-state index contributed by atoms with van der Waals surface area (Å²) in [6, 6.07) is 50.7. The molecule has 0 unspecified atom stereocenters. The molecule has 2 aromatic heterocycles. The van der Waals surface area contributed by atoms with Gasteiger partial charge in [0.2, 0.25) is 0 Å². The Morgan fingerprint density at radius 1 is 0.348 bits per heavy atom. The second kappa shape index (κ2) is 11.1. The molecular weight excluding hydrogens is 560 g/mol. The predicted molar refractivity (Wildman–Crippen MR) is 186 cm³/mol.